The molecule has 1 saturated heterocycles. The van der Waals surface area contributed by atoms with Crippen molar-refractivity contribution in [2.24, 2.45) is 0 Å². The standard InChI is InChI=1S/C10H14ClNS3/c1-2-8-9(14-4-3-13-8)10-12-6-7(5-11)15-10/h6,8-9H,2-5H2,1H3. The Hall–Kier alpha value is 0.620. The summed E-state index contributed by atoms with van der Waals surface area (Å²) >= 11 is 11.7. The van der Waals surface area contributed by atoms with Gasteiger partial charge in [0.25, 0.3) is 0 Å². The van der Waals surface area contributed by atoms with Gasteiger partial charge in [-0.3, -0.25) is 0 Å². The highest BCUT2D eigenvalue weighted by molar-refractivity contribution is 8.06. The number of thioether (sulfide) groups is 2. The molecule has 84 valence electrons. The van der Waals surface area contributed by atoms with Crippen LogP contribution in [0.4, 0.5) is 0 Å². The molecule has 1 aromatic heterocycles. The summed E-state index contributed by atoms with van der Waals surface area (Å²) in [5, 5.41) is 2.60. The molecule has 0 N–H and O–H groups in total. The molecule has 15 heavy (non-hydrogen) atoms. The van der Waals surface area contributed by atoms with Crippen LogP contribution in [0.25, 0.3) is 0 Å². The first-order chi connectivity index (χ1) is 7.35. The van der Waals surface area contributed by atoms with Gasteiger partial charge in [-0.15, -0.1) is 34.7 Å². The first-order valence-corrected chi connectivity index (χ1v) is 8.53. The lowest BCUT2D eigenvalue weighted by atomic mass is 10.2. The highest BCUT2D eigenvalue weighted by Gasteiger charge is 2.28. The van der Waals surface area contributed by atoms with E-state index in [4.69, 9.17) is 11.6 Å². The molecule has 0 bridgehead atoms. The number of hydrogen-bond donors (Lipinski definition) is 0. The number of rotatable bonds is 3. The molecule has 0 saturated carbocycles. The average Bonchev–Trinajstić information content (AvgIpc) is 2.77. The third kappa shape index (κ3) is 2.84. The van der Waals surface area contributed by atoms with E-state index in [9.17, 15) is 0 Å². The molecule has 2 unspecified atom stereocenters. The van der Waals surface area contributed by atoms with Crippen LogP contribution in [0.5, 0.6) is 0 Å². The van der Waals surface area contributed by atoms with Gasteiger partial charge >= 0.3 is 0 Å². The van der Waals surface area contributed by atoms with Gasteiger partial charge in [0.15, 0.2) is 0 Å². The Morgan fingerprint density at radius 1 is 1.47 bits per heavy atom. The summed E-state index contributed by atoms with van der Waals surface area (Å²) in [5.41, 5.74) is 0. The van der Waals surface area contributed by atoms with Crippen LogP contribution in [-0.2, 0) is 5.88 Å². The van der Waals surface area contributed by atoms with Gasteiger partial charge in [0.05, 0.1) is 11.1 Å². The van der Waals surface area contributed by atoms with Crippen molar-refractivity contribution < 1.29 is 0 Å². The van der Waals surface area contributed by atoms with Crippen molar-refractivity contribution in [1.29, 1.82) is 0 Å². The van der Waals surface area contributed by atoms with Crippen LogP contribution in [0, 0.1) is 0 Å². The third-order valence-electron chi connectivity index (χ3n) is 2.40. The number of halogens is 1. The molecule has 1 nitrogen and oxygen atoms in total. The highest BCUT2D eigenvalue weighted by Crippen LogP contribution is 2.45. The molecule has 1 fully saturated rings. The Morgan fingerprint density at radius 3 is 2.93 bits per heavy atom. The number of hydrogen-bond acceptors (Lipinski definition) is 4. The number of aromatic nitrogens is 1. The lowest BCUT2D eigenvalue weighted by molar-refractivity contribution is 0.789. The molecule has 0 amide bonds. The van der Waals surface area contributed by atoms with Gasteiger partial charge in [0.1, 0.15) is 5.01 Å². The Balaban J connectivity index is 2.12. The first-order valence-electron chi connectivity index (χ1n) is 5.09. The zero-order valence-electron chi connectivity index (χ0n) is 8.61. The summed E-state index contributed by atoms with van der Waals surface area (Å²) in [6.07, 6.45) is 3.16. The van der Waals surface area contributed by atoms with E-state index in [-0.39, 0.29) is 0 Å². The molecule has 0 aliphatic carbocycles. The van der Waals surface area contributed by atoms with Crippen LogP contribution in [0.3, 0.4) is 0 Å². The van der Waals surface area contributed by atoms with Crippen LogP contribution >= 0.6 is 46.5 Å². The van der Waals surface area contributed by atoms with E-state index in [2.05, 4.69) is 35.4 Å². The fraction of sp³-hybridized carbons (Fsp3) is 0.700. The molecule has 2 atom stereocenters. The minimum atomic E-state index is 0.593. The van der Waals surface area contributed by atoms with Crippen LogP contribution in [0.2, 0.25) is 0 Å². The Bertz CT molecular complexity index is 315. The summed E-state index contributed by atoms with van der Waals surface area (Å²) < 4.78 is 0. The van der Waals surface area contributed by atoms with Crippen molar-refractivity contribution >= 4 is 46.5 Å². The largest absolute Gasteiger partial charge is 0.248 e. The van der Waals surface area contributed by atoms with Crippen molar-refractivity contribution in [2.75, 3.05) is 11.5 Å². The van der Waals surface area contributed by atoms with Gasteiger partial charge in [-0.05, 0) is 6.42 Å². The van der Waals surface area contributed by atoms with Crippen LogP contribution in [-0.4, -0.2) is 21.7 Å². The second-order valence-corrected chi connectivity index (χ2v) is 7.42. The molecule has 0 radical (unpaired) electrons. The normalized spacial score (nSPS) is 26.8. The Labute approximate surface area is 108 Å². The Kier molecular flexibility index (Phi) is 4.68. The third-order valence-corrected chi connectivity index (χ3v) is 7.33. The highest BCUT2D eigenvalue weighted by atomic mass is 35.5. The molecule has 1 aliphatic heterocycles. The molecule has 2 heterocycles. The van der Waals surface area contributed by atoms with Crippen LogP contribution < -0.4 is 0 Å². The molecule has 0 spiro atoms. The summed E-state index contributed by atoms with van der Waals surface area (Å²) in [6, 6.07) is 0. The maximum absolute atomic E-state index is 5.81. The van der Waals surface area contributed by atoms with E-state index >= 15 is 0 Å². The first kappa shape index (κ1) is 12.1. The molecule has 0 aromatic carbocycles. The minimum absolute atomic E-state index is 0.593. The molecular formula is C10H14ClNS3. The summed E-state index contributed by atoms with van der Waals surface area (Å²) in [6.45, 7) is 2.27. The average molecular weight is 280 g/mol. The smallest absolute Gasteiger partial charge is 0.107 e. The Morgan fingerprint density at radius 2 is 2.27 bits per heavy atom. The lowest BCUT2D eigenvalue weighted by Gasteiger charge is -2.28. The lowest BCUT2D eigenvalue weighted by Crippen LogP contribution is -2.17. The monoisotopic (exact) mass is 279 g/mol. The van der Waals surface area contributed by atoms with Crippen LogP contribution in [0.1, 0.15) is 28.5 Å². The second kappa shape index (κ2) is 5.80. The predicted octanol–water partition coefficient (Wildman–Crippen LogP) is 4.18. The van der Waals surface area contributed by atoms with Gasteiger partial charge in [-0.2, -0.15) is 11.8 Å². The van der Waals surface area contributed by atoms with Gasteiger partial charge in [-0.1, -0.05) is 6.92 Å². The zero-order valence-corrected chi connectivity index (χ0v) is 11.8. The van der Waals surface area contributed by atoms with Gasteiger partial charge in [-0.25, -0.2) is 4.98 Å². The summed E-state index contributed by atoms with van der Waals surface area (Å²) in [7, 11) is 0. The van der Waals surface area contributed by atoms with Gasteiger partial charge in [0, 0.05) is 27.8 Å². The van der Waals surface area contributed by atoms with Crippen LogP contribution in [0.15, 0.2) is 6.20 Å². The van der Waals surface area contributed by atoms with E-state index in [0.717, 1.165) is 5.25 Å². The minimum Gasteiger partial charge on any atom is -0.248 e. The van der Waals surface area contributed by atoms with E-state index in [1.807, 2.05) is 6.20 Å². The molecule has 1 aliphatic rings. The van der Waals surface area contributed by atoms with E-state index in [0.29, 0.717) is 11.1 Å². The van der Waals surface area contributed by atoms with Gasteiger partial charge < -0.3 is 0 Å². The van der Waals surface area contributed by atoms with Crippen molar-refractivity contribution in [2.45, 2.75) is 29.7 Å². The maximum atomic E-state index is 5.81. The van der Waals surface area contributed by atoms with Crippen molar-refractivity contribution in [3.63, 3.8) is 0 Å². The topological polar surface area (TPSA) is 12.9 Å². The second-order valence-electron chi connectivity index (χ2n) is 3.41. The number of thiazole rings is 1. The number of nitrogens with zero attached hydrogens (tertiary/aromatic N) is 1. The molecule has 1 aromatic rings. The summed E-state index contributed by atoms with van der Waals surface area (Å²) in [5.74, 6) is 3.13. The maximum Gasteiger partial charge on any atom is 0.107 e. The summed E-state index contributed by atoms with van der Waals surface area (Å²) in [4.78, 5) is 5.70. The van der Waals surface area contributed by atoms with E-state index < -0.39 is 0 Å². The quantitative estimate of drug-likeness (QED) is 0.771. The van der Waals surface area contributed by atoms with E-state index in [1.54, 1.807) is 11.3 Å². The molecule has 5 heteroatoms. The molecular weight excluding hydrogens is 266 g/mol. The van der Waals surface area contributed by atoms with E-state index in [1.165, 1.54) is 27.8 Å². The van der Waals surface area contributed by atoms with Crippen molar-refractivity contribution in [3.8, 4) is 0 Å². The predicted molar refractivity (Wildman–Crippen MR) is 73.4 cm³/mol. The zero-order chi connectivity index (χ0) is 10.7. The van der Waals surface area contributed by atoms with Crippen molar-refractivity contribution in [3.05, 3.63) is 16.1 Å². The fourth-order valence-electron chi connectivity index (χ4n) is 1.65. The SMILES string of the molecule is CCC1SCCSC1c1ncc(CCl)s1. The van der Waals surface area contributed by atoms with Gasteiger partial charge in [0.2, 0.25) is 0 Å². The molecule has 2 rings (SSSR count). The van der Waals surface area contributed by atoms with Crippen molar-refractivity contribution in [1.82, 2.24) is 4.98 Å². The fourth-order valence-corrected chi connectivity index (χ4v) is 6.08. The number of alkyl halides is 1.